The van der Waals surface area contributed by atoms with Gasteiger partial charge in [-0.15, -0.1) is 5.10 Å². The van der Waals surface area contributed by atoms with Gasteiger partial charge >= 0.3 is 0 Å². The summed E-state index contributed by atoms with van der Waals surface area (Å²) in [5.74, 6) is -0.596. The van der Waals surface area contributed by atoms with Gasteiger partial charge in [0.2, 0.25) is 11.9 Å². The number of aromatic nitrogens is 3. The van der Waals surface area contributed by atoms with Crippen molar-refractivity contribution in [2.24, 2.45) is 0 Å². The van der Waals surface area contributed by atoms with Crippen LogP contribution in [0.25, 0.3) is 0 Å². The number of nitrogens with one attached hydrogen (secondary N) is 3. The standard InChI is InChI=1S/C18H15BrFN5O2/c19-13-5-2-4-12(9-13)17(27)21-10-16(26)23-18-22-15(24-25-18)8-11-3-1-6-14(20)7-11/h1-7,9H,8,10H2,(H,21,27)(H2,22,23,24,25,26). The molecule has 0 atom stereocenters. The van der Waals surface area contributed by atoms with Gasteiger partial charge in [-0.3, -0.25) is 20.0 Å². The molecule has 2 amide bonds. The van der Waals surface area contributed by atoms with Crippen LogP contribution in [0.2, 0.25) is 0 Å². The molecule has 1 aromatic heterocycles. The Morgan fingerprint density at radius 3 is 2.74 bits per heavy atom. The van der Waals surface area contributed by atoms with Gasteiger partial charge in [-0.1, -0.05) is 34.1 Å². The van der Waals surface area contributed by atoms with Crippen LogP contribution in [-0.4, -0.2) is 33.5 Å². The molecule has 0 spiro atoms. The van der Waals surface area contributed by atoms with E-state index < -0.39 is 5.91 Å². The topological polar surface area (TPSA) is 99.8 Å². The molecule has 0 fully saturated rings. The quantitative estimate of drug-likeness (QED) is 0.558. The number of amides is 2. The molecular formula is C18H15BrFN5O2. The molecular weight excluding hydrogens is 417 g/mol. The Morgan fingerprint density at radius 1 is 1.15 bits per heavy atom. The molecule has 0 aliphatic heterocycles. The minimum atomic E-state index is -0.463. The number of carbonyl (C=O) groups excluding carboxylic acids is 2. The molecule has 2 aromatic carbocycles. The number of nitrogens with zero attached hydrogens (tertiary/aromatic N) is 2. The maximum Gasteiger partial charge on any atom is 0.251 e. The molecule has 7 nitrogen and oxygen atoms in total. The van der Waals surface area contributed by atoms with Gasteiger partial charge in [0.05, 0.1) is 6.54 Å². The monoisotopic (exact) mass is 431 g/mol. The second-order valence-corrected chi connectivity index (χ2v) is 6.57. The second kappa shape index (κ2) is 8.54. The molecule has 3 aromatic rings. The third-order valence-corrected chi connectivity index (χ3v) is 4.03. The zero-order valence-electron chi connectivity index (χ0n) is 14.0. The smallest absolute Gasteiger partial charge is 0.251 e. The first-order chi connectivity index (χ1) is 13.0. The number of hydrogen-bond acceptors (Lipinski definition) is 4. The Hall–Kier alpha value is -3.07. The van der Waals surface area contributed by atoms with Crippen molar-refractivity contribution < 1.29 is 14.0 Å². The van der Waals surface area contributed by atoms with Crippen molar-refractivity contribution in [1.82, 2.24) is 20.5 Å². The number of benzene rings is 2. The highest BCUT2D eigenvalue weighted by Gasteiger charge is 2.11. The summed E-state index contributed by atoms with van der Waals surface area (Å²) >= 11 is 3.28. The minimum absolute atomic E-state index is 0.0862. The van der Waals surface area contributed by atoms with Crippen molar-refractivity contribution in [2.75, 3.05) is 11.9 Å². The molecule has 1 heterocycles. The van der Waals surface area contributed by atoms with Gasteiger partial charge in [0.25, 0.3) is 5.91 Å². The Bertz CT molecular complexity index is 976. The zero-order valence-corrected chi connectivity index (χ0v) is 15.6. The Kier molecular flexibility index (Phi) is 5.92. The SMILES string of the molecule is O=C(CNC(=O)c1cccc(Br)c1)Nc1n[nH]c(Cc2cccc(F)c2)n1. The lowest BCUT2D eigenvalue weighted by Gasteiger charge is -2.05. The Morgan fingerprint density at radius 2 is 1.96 bits per heavy atom. The van der Waals surface area contributed by atoms with Gasteiger partial charge in [0.15, 0.2) is 0 Å². The lowest BCUT2D eigenvalue weighted by atomic mass is 10.1. The first-order valence-corrected chi connectivity index (χ1v) is 8.78. The van der Waals surface area contributed by atoms with Crippen LogP contribution < -0.4 is 10.6 Å². The van der Waals surface area contributed by atoms with E-state index in [1.54, 1.807) is 36.4 Å². The number of hydrogen-bond donors (Lipinski definition) is 3. The highest BCUT2D eigenvalue weighted by atomic mass is 79.9. The molecule has 3 N–H and O–H groups in total. The van der Waals surface area contributed by atoms with E-state index in [4.69, 9.17) is 0 Å². The van der Waals surface area contributed by atoms with E-state index in [0.717, 1.165) is 10.0 Å². The van der Waals surface area contributed by atoms with E-state index in [1.165, 1.54) is 12.1 Å². The van der Waals surface area contributed by atoms with Crippen molar-refractivity contribution in [3.05, 3.63) is 75.8 Å². The molecule has 0 aliphatic carbocycles. The number of anilines is 1. The van der Waals surface area contributed by atoms with Crippen LogP contribution >= 0.6 is 15.9 Å². The molecule has 3 rings (SSSR count). The molecule has 0 saturated heterocycles. The highest BCUT2D eigenvalue weighted by Crippen LogP contribution is 2.11. The van der Waals surface area contributed by atoms with Gasteiger partial charge in [0, 0.05) is 16.5 Å². The largest absolute Gasteiger partial charge is 0.343 e. The highest BCUT2D eigenvalue weighted by molar-refractivity contribution is 9.10. The number of aromatic amines is 1. The van der Waals surface area contributed by atoms with Crippen LogP contribution in [0.3, 0.4) is 0 Å². The van der Waals surface area contributed by atoms with Gasteiger partial charge in [-0.2, -0.15) is 4.98 Å². The van der Waals surface area contributed by atoms with Gasteiger partial charge in [-0.25, -0.2) is 4.39 Å². The number of H-pyrrole nitrogens is 1. The van der Waals surface area contributed by atoms with E-state index in [-0.39, 0.29) is 24.2 Å². The summed E-state index contributed by atoms with van der Waals surface area (Å²) in [6.07, 6.45) is 0.347. The first-order valence-electron chi connectivity index (χ1n) is 7.99. The van der Waals surface area contributed by atoms with Crippen molar-refractivity contribution in [3.63, 3.8) is 0 Å². The van der Waals surface area contributed by atoms with Gasteiger partial charge in [0.1, 0.15) is 11.6 Å². The van der Waals surface area contributed by atoms with E-state index in [9.17, 15) is 14.0 Å². The molecule has 0 saturated carbocycles. The summed E-state index contributed by atoms with van der Waals surface area (Å²) in [6.45, 7) is -0.223. The van der Waals surface area contributed by atoms with Crippen LogP contribution in [-0.2, 0) is 11.2 Å². The number of carbonyl (C=O) groups is 2. The predicted octanol–water partition coefficient (Wildman–Crippen LogP) is 2.67. The average Bonchev–Trinajstić information content (AvgIpc) is 3.06. The summed E-state index contributed by atoms with van der Waals surface area (Å²) in [7, 11) is 0. The summed E-state index contributed by atoms with van der Waals surface area (Å²) < 4.78 is 14.0. The van der Waals surface area contributed by atoms with Crippen LogP contribution in [0.1, 0.15) is 21.7 Å². The average molecular weight is 432 g/mol. The number of halogens is 2. The maximum absolute atomic E-state index is 13.2. The third-order valence-electron chi connectivity index (χ3n) is 3.54. The van der Waals surface area contributed by atoms with Crippen molar-refractivity contribution in [2.45, 2.75) is 6.42 Å². The fourth-order valence-corrected chi connectivity index (χ4v) is 2.73. The van der Waals surface area contributed by atoms with Crippen molar-refractivity contribution in [3.8, 4) is 0 Å². The maximum atomic E-state index is 13.2. The lowest BCUT2D eigenvalue weighted by molar-refractivity contribution is -0.115. The van der Waals surface area contributed by atoms with E-state index >= 15 is 0 Å². The zero-order chi connectivity index (χ0) is 19.2. The number of rotatable bonds is 6. The fraction of sp³-hybridized carbons (Fsp3) is 0.111. The summed E-state index contributed by atoms with van der Waals surface area (Å²) in [5, 5.41) is 11.6. The second-order valence-electron chi connectivity index (χ2n) is 5.65. The molecule has 0 radical (unpaired) electrons. The van der Waals surface area contributed by atoms with Crippen LogP contribution in [0.5, 0.6) is 0 Å². The molecule has 0 bridgehead atoms. The van der Waals surface area contributed by atoms with Crippen LogP contribution in [0, 0.1) is 5.82 Å². The van der Waals surface area contributed by atoms with Crippen LogP contribution in [0.15, 0.2) is 53.0 Å². The minimum Gasteiger partial charge on any atom is -0.343 e. The van der Waals surface area contributed by atoms with Crippen molar-refractivity contribution >= 4 is 33.7 Å². The first kappa shape index (κ1) is 18.7. The third kappa shape index (κ3) is 5.45. The molecule has 9 heteroatoms. The van der Waals surface area contributed by atoms with Gasteiger partial charge in [-0.05, 0) is 35.9 Å². The summed E-state index contributed by atoms with van der Waals surface area (Å²) in [4.78, 5) is 28.1. The molecule has 27 heavy (non-hydrogen) atoms. The lowest BCUT2D eigenvalue weighted by Crippen LogP contribution is -2.33. The van der Waals surface area contributed by atoms with Crippen molar-refractivity contribution in [1.29, 1.82) is 0 Å². The Labute approximate surface area is 162 Å². The fourth-order valence-electron chi connectivity index (χ4n) is 2.33. The van der Waals surface area contributed by atoms with E-state index in [1.807, 2.05) is 0 Å². The van der Waals surface area contributed by atoms with Gasteiger partial charge < -0.3 is 5.32 Å². The normalized spacial score (nSPS) is 10.4. The summed E-state index contributed by atoms with van der Waals surface area (Å²) in [5.41, 5.74) is 1.16. The Balaban J connectivity index is 1.51. The summed E-state index contributed by atoms with van der Waals surface area (Å²) in [6, 6.07) is 13.0. The molecule has 0 unspecified atom stereocenters. The molecule has 138 valence electrons. The van der Waals surface area contributed by atoms with E-state index in [2.05, 4.69) is 41.7 Å². The van der Waals surface area contributed by atoms with Crippen LogP contribution in [0.4, 0.5) is 10.3 Å². The predicted molar refractivity (Wildman–Crippen MR) is 101 cm³/mol. The van der Waals surface area contributed by atoms with E-state index in [0.29, 0.717) is 17.8 Å². The molecule has 0 aliphatic rings.